The van der Waals surface area contributed by atoms with Gasteiger partial charge in [0, 0.05) is 4.47 Å². The van der Waals surface area contributed by atoms with Crippen molar-refractivity contribution in [2.24, 2.45) is 27.2 Å². The van der Waals surface area contributed by atoms with E-state index in [0.717, 1.165) is 5.56 Å². The Morgan fingerprint density at radius 1 is 1.21 bits per heavy atom. The van der Waals surface area contributed by atoms with Crippen molar-refractivity contribution >= 4 is 33.5 Å². The maximum absolute atomic E-state index is 14.0. The van der Waals surface area contributed by atoms with Crippen LogP contribution in [0.5, 0.6) is 0 Å². The topological polar surface area (TPSA) is 103 Å². The average molecular weight is 330 g/mol. The SMILES string of the molecule is CC(C)(C)c1cc(F)c(N=C(N)N=C(N)N)c(Br)c1. The first kappa shape index (κ1) is 15.4. The lowest BCUT2D eigenvalue weighted by Crippen LogP contribution is -2.26. The molecule has 0 saturated heterocycles. The zero-order chi connectivity index (χ0) is 14.8. The third-order valence-corrected chi connectivity index (χ3v) is 2.96. The van der Waals surface area contributed by atoms with Crippen LogP contribution in [0.2, 0.25) is 0 Å². The molecule has 1 rings (SSSR count). The van der Waals surface area contributed by atoms with Gasteiger partial charge in [-0.25, -0.2) is 9.38 Å². The van der Waals surface area contributed by atoms with E-state index in [0.29, 0.717) is 4.47 Å². The number of hydrogen-bond donors (Lipinski definition) is 3. The summed E-state index contributed by atoms with van der Waals surface area (Å²) >= 11 is 3.27. The summed E-state index contributed by atoms with van der Waals surface area (Å²) < 4.78 is 14.5. The van der Waals surface area contributed by atoms with E-state index in [4.69, 9.17) is 17.2 Å². The van der Waals surface area contributed by atoms with E-state index in [9.17, 15) is 4.39 Å². The van der Waals surface area contributed by atoms with Crippen molar-refractivity contribution in [1.29, 1.82) is 0 Å². The first-order chi connectivity index (χ1) is 8.61. The van der Waals surface area contributed by atoms with Crippen LogP contribution in [0.25, 0.3) is 0 Å². The smallest absolute Gasteiger partial charge is 0.223 e. The summed E-state index contributed by atoms with van der Waals surface area (Å²) in [6, 6.07) is 3.22. The molecule has 0 atom stereocenters. The van der Waals surface area contributed by atoms with E-state index >= 15 is 0 Å². The van der Waals surface area contributed by atoms with Gasteiger partial charge in [-0.3, -0.25) is 0 Å². The number of nitrogens with two attached hydrogens (primary N) is 3. The standard InChI is InChI=1S/C12H17BrFN5/c1-12(2,3)6-4-7(13)9(8(14)5-6)18-11(17)19-10(15)16/h4-5H,1-3H3,(H6,15,16,17,18,19). The highest BCUT2D eigenvalue weighted by Crippen LogP contribution is 2.34. The lowest BCUT2D eigenvalue weighted by Gasteiger charge is -2.20. The maximum Gasteiger partial charge on any atom is 0.223 e. The van der Waals surface area contributed by atoms with Gasteiger partial charge in [-0.1, -0.05) is 20.8 Å². The molecule has 0 spiro atoms. The normalized spacial score (nSPS) is 12.4. The molecule has 0 bridgehead atoms. The Kier molecular flexibility index (Phi) is 4.52. The minimum atomic E-state index is -0.493. The number of hydrogen-bond acceptors (Lipinski definition) is 1. The Morgan fingerprint density at radius 3 is 2.21 bits per heavy atom. The third kappa shape index (κ3) is 4.20. The van der Waals surface area contributed by atoms with Crippen LogP contribution in [0.15, 0.2) is 26.6 Å². The summed E-state index contributed by atoms with van der Waals surface area (Å²) in [5.41, 5.74) is 16.6. The molecule has 6 N–H and O–H groups in total. The van der Waals surface area contributed by atoms with E-state index in [1.807, 2.05) is 20.8 Å². The molecule has 0 aliphatic rings. The van der Waals surface area contributed by atoms with E-state index in [1.54, 1.807) is 6.07 Å². The van der Waals surface area contributed by atoms with Crippen LogP contribution < -0.4 is 17.2 Å². The summed E-state index contributed by atoms with van der Waals surface area (Å²) in [6.07, 6.45) is 0. The van der Waals surface area contributed by atoms with Crippen molar-refractivity contribution < 1.29 is 4.39 Å². The predicted molar refractivity (Wildman–Crippen MR) is 79.9 cm³/mol. The van der Waals surface area contributed by atoms with E-state index in [-0.39, 0.29) is 23.0 Å². The number of aliphatic imine (C=N–C) groups is 2. The number of rotatable bonds is 1. The molecule has 0 aliphatic heterocycles. The Labute approximate surface area is 119 Å². The number of nitrogens with zero attached hydrogens (tertiary/aromatic N) is 2. The molecule has 0 radical (unpaired) electrons. The largest absolute Gasteiger partial charge is 0.370 e. The summed E-state index contributed by atoms with van der Waals surface area (Å²) in [5.74, 6) is -0.930. The van der Waals surface area contributed by atoms with E-state index in [1.165, 1.54) is 6.07 Å². The van der Waals surface area contributed by atoms with Crippen molar-refractivity contribution in [1.82, 2.24) is 0 Å². The van der Waals surface area contributed by atoms with E-state index in [2.05, 4.69) is 25.9 Å². The average Bonchev–Trinajstić information content (AvgIpc) is 2.20. The molecule has 0 heterocycles. The summed E-state index contributed by atoms with van der Waals surface area (Å²) in [7, 11) is 0. The van der Waals surface area contributed by atoms with Gasteiger partial charge >= 0.3 is 0 Å². The molecule has 0 unspecified atom stereocenters. The van der Waals surface area contributed by atoms with Gasteiger partial charge in [0.05, 0.1) is 0 Å². The van der Waals surface area contributed by atoms with Crippen LogP contribution in [0, 0.1) is 5.82 Å². The van der Waals surface area contributed by atoms with Crippen molar-refractivity contribution in [3.05, 3.63) is 28.0 Å². The summed E-state index contributed by atoms with van der Waals surface area (Å²) in [4.78, 5) is 7.39. The molecule has 19 heavy (non-hydrogen) atoms. The Balaban J connectivity index is 3.30. The van der Waals surface area contributed by atoms with Crippen LogP contribution in [-0.2, 0) is 5.41 Å². The van der Waals surface area contributed by atoms with Crippen molar-refractivity contribution in [3.63, 3.8) is 0 Å². The molecule has 104 valence electrons. The van der Waals surface area contributed by atoms with Gasteiger partial charge in [0.15, 0.2) is 5.96 Å². The van der Waals surface area contributed by atoms with Gasteiger partial charge < -0.3 is 17.2 Å². The first-order valence-electron chi connectivity index (χ1n) is 5.54. The van der Waals surface area contributed by atoms with E-state index < -0.39 is 5.82 Å². The fraction of sp³-hybridized carbons (Fsp3) is 0.333. The molecular weight excluding hydrogens is 313 g/mol. The van der Waals surface area contributed by atoms with Gasteiger partial charge in [0.1, 0.15) is 11.5 Å². The van der Waals surface area contributed by atoms with Crippen LogP contribution in [0.3, 0.4) is 0 Å². The molecule has 0 aliphatic carbocycles. The lowest BCUT2D eigenvalue weighted by molar-refractivity contribution is 0.572. The Morgan fingerprint density at radius 2 is 1.79 bits per heavy atom. The maximum atomic E-state index is 14.0. The molecule has 1 aromatic rings. The molecular formula is C12H17BrFN5. The summed E-state index contributed by atoms with van der Waals surface area (Å²) in [6.45, 7) is 5.97. The van der Waals surface area contributed by atoms with Crippen molar-refractivity contribution in [3.8, 4) is 0 Å². The van der Waals surface area contributed by atoms with Gasteiger partial charge in [-0.15, -0.1) is 0 Å². The monoisotopic (exact) mass is 329 g/mol. The molecule has 0 aromatic heterocycles. The third-order valence-electron chi connectivity index (χ3n) is 2.35. The quantitative estimate of drug-likeness (QED) is 0.543. The van der Waals surface area contributed by atoms with Crippen LogP contribution in [0.1, 0.15) is 26.3 Å². The fourth-order valence-corrected chi connectivity index (χ4v) is 1.90. The zero-order valence-electron chi connectivity index (χ0n) is 11.0. The molecule has 7 heteroatoms. The van der Waals surface area contributed by atoms with Gasteiger partial charge in [0.25, 0.3) is 0 Å². The van der Waals surface area contributed by atoms with Gasteiger partial charge in [0.2, 0.25) is 5.96 Å². The number of guanidine groups is 2. The highest BCUT2D eigenvalue weighted by molar-refractivity contribution is 9.10. The van der Waals surface area contributed by atoms with Gasteiger partial charge in [-0.05, 0) is 39.0 Å². The highest BCUT2D eigenvalue weighted by atomic mass is 79.9. The molecule has 1 aromatic carbocycles. The minimum Gasteiger partial charge on any atom is -0.370 e. The highest BCUT2D eigenvalue weighted by Gasteiger charge is 2.18. The Hall–Kier alpha value is -1.63. The second-order valence-electron chi connectivity index (χ2n) is 5.05. The van der Waals surface area contributed by atoms with Crippen molar-refractivity contribution in [2.45, 2.75) is 26.2 Å². The summed E-state index contributed by atoms with van der Waals surface area (Å²) in [5, 5.41) is 0. The van der Waals surface area contributed by atoms with Crippen LogP contribution in [0.4, 0.5) is 10.1 Å². The molecule has 5 nitrogen and oxygen atoms in total. The number of halogens is 2. The van der Waals surface area contributed by atoms with Crippen molar-refractivity contribution in [2.75, 3.05) is 0 Å². The minimum absolute atomic E-state index is 0.0653. The predicted octanol–water partition coefficient (Wildman–Crippen LogP) is 2.11. The molecule has 0 amide bonds. The van der Waals surface area contributed by atoms with Crippen LogP contribution in [-0.4, -0.2) is 11.9 Å². The lowest BCUT2D eigenvalue weighted by atomic mass is 9.87. The van der Waals surface area contributed by atoms with Crippen LogP contribution >= 0.6 is 15.9 Å². The Bertz CT molecular complexity index is 519. The fourth-order valence-electron chi connectivity index (χ4n) is 1.38. The first-order valence-corrected chi connectivity index (χ1v) is 6.34. The molecule has 0 saturated carbocycles. The number of benzene rings is 1. The zero-order valence-corrected chi connectivity index (χ0v) is 12.6. The second-order valence-corrected chi connectivity index (χ2v) is 5.90. The molecule has 0 fully saturated rings. The van der Waals surface area contributed by atoms with Gasteiger partial charge in [-0.2, -0.15) is 4.99 Å². The second kappa shape index (κ2) is 5.56.